The number of anilines is 3. The number of nitrogens with zero attached hydrogens (tertiary/aromatic N) is 1. The van der Waals surface area contributed by atoms with Crippen molar-refractivity contribution < 1.29 is 4.39 Å². The van der Waals surface area contributed by atoms with E-state index in [0.29, 0.717) is 0 Å². The van der Waals surface area contributed by atoms with Crippen molar-refractivity contribution in [2.45, 2.75) is 0 Å². The fourth-order valence-electron chi connectivity index (χ4n) is 5.88. The molecule has 0 spiro atoms. The molecule has 0 fully saturated rings. The van der Waals surface area contributed by atoms with Gasteiger partial charge in [-0.2, -0.15) is 0 Å². The van der Waals surface area contributed by atoms with E-state index < -0.39 is 0 Å². The van der Waals surface area contributed by atoms with Crippen LogP contribution in [0.5, 0.6) is 0 Å². The van der Waals surface area contributed by atoms with Gasteiger partial charge >= 0.3 is 0 Å². The number of thiophene rings is 1. The van der Waals surface area contributed by atoms with Gasteiger partial charge in [-0.05, 0) is 87.3 Å². The van der Waals surface area contributed by atoms with Gasteiger partial charge in [-0.3, -0.25) is 0 Å². The van der Waals surface area contributed by atoms with E-state index in [-0.39, 0.29) is 5.82 Å². The molecule has 0 radical (unpaired) electrons. The first-order valence-corrected chi connectivity index (χ1v) is 14.5. The van der Waals surface area contributed by atoms with E-state index in [4.69, 9.17) is 0 Å². The van der Waals surface area contributed by atoms with Gasteiger partial charge in [0.2, 0.25) is 0 Å². The van der Waals surface area contributed by atoms with Crippen LogP contribution in [-0.4, -0.2) is 0 Å². The fourth-order valence-corrected chi connectivity index (χ4v) is 7.04. The van der Waals surface area contributed by atoms with Crippen LogP contribution in [0.15, 0.2) is 146 Å². The Hall–Kier alpha value is -4.99. The molecule has 8 rings (SSSR count). The molecule has 0 aliphatic carbocycles. The summed E-state index contributed by atoms with van der Waals surface area (Å²) in [6.45, 7) is 0. The van der Waals surface area contributed by atoms with Crippen molar-refractivity contribution in [3.8, 4) is 11.1 Å². The van der Waals surface area contributed by atoms with Crippen LogP contribution in [0.1, 0.15) is 0 Å². The molecule has 3 heteroatoms. The molecule has 0 bridgehead atoms. The second-order valence-electron chi connectivity index (χ2n) is 10.4. The van der Waals surface area contributed by atoms with Gasteiger partial charge in [-0.1, -0.05) is 91.0 Å². The minimum absolute atomic E-state index is 0.231. The summed E-state index contributed by atoms with van der Waals surface area (Å²) in [6, 6.07) is 50.3. The molecule has 41 heavy (non-hydrogen) atoms. The predicted octanol–water partition coefficient (Wildman–Crippen LogP) is 11.6. The highest BCUT2D eigenvalue weighted by molar-refractivity contribution is 7.26. The van der Waals surface area contributed by atoms with Gasteiger partial charge in [0.1, 0.15) is 5.82 Å². The molecule has 1 heterocycles. The second kappa shape index (κ2) is 9.58. The standard InChI is InChI=1S/C38H24FNS/c39-31-17-13-27(14-18-31)30-23-35(38-34-11-5-6-12-36(34)41-37(38)24-30)40(32-19-15-25-7-1-3-9-28(25)21-32)33-20-16-26-8-2-4-10-29(26)22-33/h1-24H. The average molecular weight is 546 g/mol. The Morgan fingerprint density at radius 1 is 0.463 bits per heavy atom. The Kier molecular flexibility index (Phi) is 5.58. The summed E-state index contributed by atoms with van der Waals surface area (Å²) in [5, 5.41) is 7.26. The third kappa shape index (κ3) is 4.14. The van der Waals surface area contributed by atoms with E-state index in [1.54, 1.807) is 11.3 Å². The second-order valence-corrected chi connectivity index (χ2v) is 11.5. The molecule has 0 unspecified atom stereocenters. The third-order valence-electron chi connectivity index (χ3n) is 7.86. The van der Waals surface area contributed by atoms with Gasteiger partial charge in [0.05, 0.1) is 5.69 Å². The first-order valence-electron chi connectivity index (χ1n) is 13.7. The van der Waals surface area contributed by atoms with Crippen molar-refractivity contribution >= 4 is 70.1 Å². The lowest BCUT2D eigenvalue weighted by Crippen LogP contribution is -2.10. The largest absolute Gasteiger partial charge is 0.310 e. The lowest BCUT2D eigenvalue weighted by Gasteiger charge is -2.28. The summed E-state index contributed by atoms with van der Waals surface area (Å²) in [5.74, 6) is -0.231. The van der Waals surface area contributed by atoms with E-state index in [0.717, 1.165) is 28.2 Å². The molecule has 0 amide bonds. The summed E-state index contributed by atoms with van der Waals surface area (Å²) in [7, 11) is 0. The maximum absolute atomic E-state index is 13.9. The quantitative estimate of drug-likeness (QED) is 0.213. The topological polar surface area (TPSA) is 3.24 Å². The summed E-state index contributed by atoms with van der Waals surface area (Å²) in [4.78, 5) is 2.38. The lowest BCUT2D eigenvalue weighted by molar-refractivity contribution is 0.628. The van der Waals surface area contributed by atoms with Crippen LogP contribution in [-0.2, 0) is 0 Å². The maximum Gasteiger partial charge on any atom is 0.123 e. The summed E-state index contributed by atoms with van der Waals surface area (Å²) < 4.78 is 16.3. The van der Waals surface area contributed by atoms with E-state index in [1.807, 2.05) is 12.1 Å². The van der Waals surface area contributed by atoms with Crippen LogP contribution >= 0.6 is 11.3 Å². The number of hydrogen-bond donors (Lipinski definition) is 0. The zero-order chi connectivity index (χ0) is 27.3. The Morgan fingerprint density at radius 2 is 1.05 bits per heavy atom. The van der Waals surface area contributed by atoms with Crippen LogP contribution in [0.25, 0.3) is 52.8 Å². The smallest absolute Gasteiger partial charge is 0.123 e. The van der Waals surface area contributed by atoms with E-state index in [9.17, 15) is 4.39 Å². The molecular weight excluding hydrogens is 521 g/mol. The van der Waals surface area contributed by atoms with Crippen LogP contribution in [0.4, 0.5) is 21.5 Å². The molecule has 7 aromatic carbocycles. The summed E-state index contributed by atoms with van der Waals surface area (Å²) in [5.41, 5.74) is 5.33. The predicted molar refractivity (Wildman–Crippen MR) is 174 cm³/mol. The lowest BCUT2D eigenvalue weighted by atomic mass is 9.99. The Bertz CT molecular complexity index is 2150. The van der Waals surface area contributed by atoms with Crippen LogP contribution in [0.2, 0.25) is 0 Å². The number of rotatable bonds is 4. The van der Waals surface area contributed by atoms with Crippen LogP contribution in [0.3, 0.4) is 0 Å². The van der Waals surface area contributed by atoms with Crippen molar-refractivity contribution in [1.82, 2.24) is 0 Å². The SMILES string of the molecule is Fc1ccc(-c2cc(N(c3ccc4ccccc4c3)c3ccc4ccccc4c3)c3c(c2)sc2ccccc23)cc1. The fraction of sp³-hybridized carbons (Fsp3) is 0. The Morgan fingerprint density at radius 3 is 1.71 bits per heavy atom. The summed E-state index contributed by atoms with van der Waals surface area (Å²) >= 11 is 1.80. The van der Waals surface area contributed by atoms with E-state index >= 15 is 0 Å². The molecule has 0 aliphatic heterocycles. The normalized spacial score (nSPS) is 11.5. The van der Waals surface area contributed by atoms with Gasteiger partial charge < -0.3 is 4.90 Å². The Balaban J connectivity index is 1.47. The van der Waals surface area contributed by atoms with Crippen molar-refractivity contribution in [3.63, 3.8) is 0 Å². The minimum atomic E-state index is -0.231. The highest BCUT2D eigenvalue weighted by atomic mass is 32.1. The molecule has 8 aromatic rings. The van der Waals surface area contributed by atoms with Gasteiger partial charge in [-0.25, -0.2) is 4.39 Å². The highest BCUT2D eigenvalue weighted by Gasteiger charge is 2.21. The van der Waals surface area contributed by atoms with Crippen molar-refractivity contribution in [3.05, 3.63) is 151 Å². The van der Waals surface area contributed by atoms with Crippen molar-refractivity contribution in [1.29, 1.82) is 0 Å². The molecule has 0 saturated heterocycles. The van der Waals surface area contributed by atoms with Crippen LogP contribution in [0, 0.1) is 5.82 Å². The van der Waals surface area contributed by atoms with Crippen LogP contribution < -0.4 is 4.90 Å². The summed E-state index contributed by atoms with van der Waals surface area (Å²) in [6.07, 6.45) is 0. The molecule has 1 nitrogen and oxygen atoms in total. The molecule has 0 saturated carbocycles. The maximum atomic E-state index is 13.9. The monoisotopic (exact) mass is 545 g/mol. The minimum Gasteiger partial charge on any atom is -0.310 e. The number of benzene rings is 7. The zero-order valence-electron chi connectivity index (χ0n) is 22.1. The molecule has 0 N–H and O–H groups in total. The molecule has 1 aromatic heterocycles. The van der Waals surface area contributed by atoms with Crippen molar-refractivity contribution in [2.75, 3.05) is 4.90 Å². The van der Waals surface area contributed by atoms with Gasteiger partial charge in [-0.15, -0.1) is 11.3 Å². The van der Waals surface area contributed by atoms with Gasteiger partial charge in [0.25, 0.3) is 0 Å². The molecule has 194 valence electrons. The third-order valence-corrected chi connectivity index (χ3v) is 8.98. The van der Waals surface area contributed by atoms with Gasteiger partial charge in [0, 0.05) is 31.5 Å². The zero-order valence-corrected chi connectivity index (χ0v) is 22.9. The molecular formula is C38H24FNS. The first kappa shape index (κ1) is 23.9. The number of halogens is 1. The molecule has 0 atom stereocenters. The number of fused-ring (bicyclic) bond motifs is 5. The first-order chi connectivity index (χ1) is 20.2. The molecule has 0 aliphatic rings. The average Bonchev–Trinajstić information content (AvgIpc) is 3.40. The highest BCUT2D eigenvalue weighted by Crippen LogP contribution is 2.47. The Labute approximate surface area is 241 Å². The van der Waals surface area contributed by atoms with E-state index in [2.05, 4.69) is 126 Å². The van der Waals surface area contributed by atoms with Crippen molar-refractivity contribution in [2.24, 2.45) is 0 Å². The van der Waals surface area contributed by atoms with E-state index in [1.165, 1.54) is 53.8 Å². The van der Waals surface area contributed by atoms with Gasteiger partial charge in [0.15, 0.2) is 0 Å². The number of hydrogen-bond acceptors (Lipinski definition) is 2.